The van der Waals surface area contributed by atoms with Gasteiger partial charge in [-0.05, 0) is 42.0 Å². The Kier molecular flexibility index (Phi) is 7.12. The Hall–Kier alpha value is -4.27. The topological polar surface area (TPSA) is 158 Å². The number of nitrogen functional groups attached to an aromatic ring is 1. The zero-order valence-corrected chi connectivity index (χ0v) is 17.2. The van der Waals surface area contributed by atoms with Crippen LogP contribution in [0.2, 0.25) is 0 Å². The number of aromatic nitrogens is 1. The number of anilines is 1. The summed E-state index contributed by atoms with van der Waals surface area (Å²) in [6.07, 6.45) is 1.07. The number of carbonyl (C=O) groups excluding carboxylic acids is 2. The Bertz CT molecular complexity index is 1160. The average molecular weight is 433 g/mol. The van der Waals surface area contributed by atoms with Crippen molar-refractivity contribution in [2.45, 2.75) is 25.3 Å². The molecule has 1 atom stereocenters. The maximum atomic E-state index is 12.4. The minimum atomic E-state index is -1.06. The minimum absolute atomic E-state index is 0.0722. The fraction of sp³-hybridized carbons (Fsp3) is 0.174. The zero-order chi connectivity index (χ0) is 23.1. The van der Waals surface area contributed by atoms with Gasteiger partial charge in [-0.3, -0.25) is 24.8 Å². The summed E-state index contributed by atoms with van der Waals surface area (Å²) in [6.45, 7) is 0. The molecule has 2 amide bonds. The molecule has 0 aliphatic rings. The molecule has 6 N–H and O–H groups in total. The number of para-hydroxylation sites is 1. The molecule has 0 spiro atoms. The quantitative estimate of drug-likeness (QED) is 0.258. The van der Waals surface area contributed by atoms with Gasteiger partial charge in [0.1, 0.15) is 5.84 Å². The van der Waals surface area contributed by atoms with Crippen LogP contribution in [0, 0.1) is 5.41 Å². The average Bonchev–Trinajstić information content (AvgIpc) is 2.77. The van der Waals surface area contributed by atoms with Crippen molar-refractivity contribution in [2.24, 2.45) is 5.73 Å². The van der Waals surface area contributed by atoms with Crippen molar-refractivity contribution >= 4 is 40.2 Å². The van der Waals surface area contributed by atoms with Crippen LogP contribution in [0.3, 0.4) is 0 Å². The molecule has 0 fully saturated rings. The number of hydrogen-bond donors (Lipinski definition) is 5. The smallest absolute Gasteiger partial charge is 0.305 e. The molecule has 164 valence electrons. The lowest BCUT2D eigenvalue weighted by atomic mass is 10.0. The van der Waals surface area contributed by atoms with Crippen LogP contribution in [-0.2, 0) is 14.4 Å². The third kappa shape index (κ3) is 6.11. The van der Waals surface area contributed by atoms with Crippen molar-refractivity contribution in [2.75, 3.05) is 5.32 Å². The van der Waals surface area contributed by atoms with Crippen LogP contribution in [0.1, 0.15) is 36.4 Å². The van der Waals surface area contributed by atoms with Gasteiger partial charge in [0.2, 0.25) is 11.8 Å². The first kappa shape index (κ1) is 22.4. The first-order valence-electron chi connectivity index (χ1n) is 9.92. The third-order valence-corrected chi connectivity index (χ3v) is 4.79. The van der Waals surface area contributed by atoms with E-state index in [1.165, 1.54) is 0 Å². The monoisotopic (exact) mass is 433 g/mol. The van der Waals surface area contributed by atoms with Crippen LogP contribution in [0.5, 0.6) is 0 Å². The molecule has 9 heteroatoms. The van der Waals surface area contributed by atoms with Crippen LogP contribution in [0.25, 0.3) is 10.9 Å². The number of carboxylic acids is 1. The number of carbonyl (C=O) groups is 3. The van der Waals surface area contributed by atoms with E-state index in [0.717, 1.165) is 10.9 Å². The van der Waals surface area contributed by atoms with Crippen molar-refractivity contribution in [3.63, 3.8) is 0 Å². The first-order chi connectivity index (χ1) is 15.3. The molecule has 0 radical (unpaired) electrons. The van der Waals surface area contributed by atoms with E-state index in [4.69, 9.17) is 11.1 Å². The van der Waals surface area contributed by atoms with Crippen LogP contribution in [0.4, 0.5) is 5.69 Å². The fourth-order valence-corrected chi connectivity index (χ4v) is 3.16. The van der Waals surface area contributed by atoms with Crippen molar-refractivity contribution in [3.8, 4) is 0 Å². The number of amides is 2. The number of amidine groups is 1. The Morgan fingerprint density at radius 3 is 2.41 bits per heavy atom. The van der Waals surface area contributed by atoms with Crippen molar-refractivity contribution in [3.05, 3.63) is 71.9 Å². The number of rotatable bonds is 9. The van der Waals surface area contributed by atoms with Crippen LogP contribution in [-0.4, -0.2) is 33.7 Å². The highest BCUT2D eigenvalue weighted by Gasteiger charge is 2.19. The molecule has 0 saturated carbocycles. The number of hydrogen-bond acceptors (Lipinski definition) is 5. The summed E-state index contributed by atoms with van der Waals surface area (Å²) in [6, 6.07) is 14.9. The second-order valence-electron chi connectivity index (χ2n) is 7.22. The summed E-state index contributed by atoms with van der Waals surface area (Å²) in [7, 11) is 0. The summed E-state index contributed by atoms with van der Waals surface area (Å²) in [5.41, 5.74) is 7.80. The molecular weight excluding hydrogens is 410 g/mol. The lowest BCUT2D eigenvalue weighted by Crippen LogP contribution is -2.31. The van der Waals surface area contributed by atoms with E-state index in [1.54, 1.807) is 36.5 Å². The number of pyridine rings is 1. The van der Waals surface area contributed by atoms with E-state index in [2.05, 4.69) is 15.6 Å². The van der Waals surface area contributed by atoms with Gasteiger partial charge in [-0.25, -0.2) is 0 Å². The summed E-state index contributed by atoms with van der Waals surface area (Å²) >= 11 is 0. The van der Waals surface area contributed by atoms with E-state index in [1.807, 2.05) is 24.3 Å². The van der Waals surface area contributed by atoms with Gasteiger partial charge in [0.05, 0.1) is 18.0 Å². The standard InChI is InChI=1S/C23H23N5O4/c24-23(25)14-5-7-17(8-6-14)27-20(29)9-10-21(30)28-19(12-22(31)32)16-11-15-3-1-2-4-18(15)26-13-16/h1-8,11,13,19H,9-10,12H2,(H3,24,25)(H,27,29)(H,28,30)(H,31,32). The van der Waals surface area contributed by atoms with Gasteiger partial charge < -0.3 is 21.5 Å². The molecule has 0 bridgehead atoms. The SMILES string of the molecule is N=C(N)c1ccc(NC(=O)CCC(=O)NC(CC(=O)O)c2cnc3ccccc3c2)cc1. The molecule has 32 heavy (non-hydrogen) atoms. The minimum Gasteiger partial charge on any atom is -0.481 e. The molecule has 0 aliphatic carbocycles. The third-order valence-electron chi connectivity index (χ3n) is 4.79. The fourth-order valence-electron chi connectivity index (χ4n) is 3.16. The summed E-state index contributed by atoms with van der Waals surface area (Å²) in [4.78, 5) is 40.2. The van der Waals surface area contributed by atoms with Gasteiger partial charge in [-0.1, -0.05) is 18.2 Å². The van der Waals surface area contributed by atoms with Gasteiger partial charge in [0, 0.05) is 35.7 Å². The summed E-state index contributed by atoms with van der Waals surface area (Å²) in [5, 5.41) is 22.8. The second-order valence-corrected chi connectivity index (χ2v) is 7.22. The van der Waals surface area contributed by atoms with Gasteiger partial charge >= 0.3 is 5.97 Å². The van der Waals surface area contributed by atoms with Gasteiger partial charge in [0.25, 0.3) is 0 Å². The Morgan fingerprint density at radius 1 is 1.03 bits per heavy atom. The molecule has 1 unspecified atom stereocenters. The normalized spacial score (nSPS) is 11.5. The summed E-state index contributed by atoms with van der Waals surface area (Å²) < 4.78 is 0. The molecule has 9 nitrogen and oxygen atoms in total. The highest BCUT2D eigenvalue weighted by Crippen LogP contribution is 2.21. The molecule has 3 aromatic rings. The van der Waals surface area contributed by atoms with Crippen LogP contribution >= 0.6 is 0 Å². The van der Waals surface area contributed by atoms with Crippen molar-refractivity contribution in [1.29, 1.82) is 5.41 Å². The number of nitrogens with one attached hydrogen (secondary N) is 3. The van der Waals surface area contributed by atoms with Crippen LogP contribution < -0.4 is 16.4 Å². The van der Waals surface area contributed by atoms with Crippen molar-refractivity contribution in [1.82, 2.24) is 10.3 Å². The van der Waals surface area contributed by atoms with E-state index in [9.17, 15) is 19.5 Å². The number of nitrogens with zero attached hydrogens (tertiary/aromatic N) is 1. The number of carboxylic acid groups (broad SMARTS) is 1. The highest BCUT2D eigenvalue weighted by atomic mass is 16.4. The zero-order valence-electron chi connectivity index (χ0n) is 17.2. The molecule has 0 saturated heterocycles. The number of fused-ring (bicyclic) bond motifs is 1. The lowest BCUT2D eigenvalue weighted by molar-refractivity contribution is -0.138. The van der Waals surface area contributed by atoms with Crippen LogP contribution in [0.15, 0.2) is 60.8 Å². The van der Waals surface area contributed by atoms with E-state index in [0.29, 0.717) is 16.8 Å². The van der Waals surface area contributed by atoms with Crippen molar-refractivity contribution < 1.29 is 19.5 Å². The van der Waals surface area contributed by atoms with E-state index in [-0.39, 0.29) is 31.0 Å². The second kappa shape index (κ2) is 10.2. The van der Waals surface area contributed by atoms with E-state index >= 15 is 0 Å². The molecule has 2 aromatic carbocycles. The maximum absolute atomic E-state index is 12.4. The van der Waals surface area contributed by atoms with Gasteiger partial charge in [-0.2, -0.15) is 0 Å². The maximum Gasteiger partial charge on any atom is 0.305 e. The molecule has 3 rings (SSSR count). The molecular formula is C23H23N5O4. The van der Waals surface area contributed by atoms with Gasteiger partial charge in [0.15, 0.2) is 0 Å². The largest absolute Gasteiger partial charge is 0.481 e. The summed E-state index contributed by atoms with van der Waals surface area (Å²) in [5.74, 6) is -1.93. The predicted molar refractivity (Wildman–Crippen MR) is 120 cm³/mol. The number of nitrogens with two attached hydrogens (primary N) is 1. The molecule has 1 heterocycles. The Balaban J connectivity index is 1.59. The number of benzene rings is 2. The number of aliphatic carboxylic acids is 1. The Labute approximate surface area is 184 Å². The lowest BCUT2D eigenvalue weighted by Gasteiger charge is -2.17. The molecule has 0 aliphatic heterocycles. The predicted octanol–water partition coefficient (Wildman–Crippen LogP) is 2.57. The van der Waals surface area contributed by atoms with Gasteiger partial charge in [-0.15, -0.1) is 0 Å². The highest BCUT2D eigenvalue weighted by molar-refractivity contribution is 5.96. The Morgan fingerprint density at radius 2 is 1.72 bits per heavy atom. The van der Waals surface area contributed by atoms with E-state index < -0.39 is 17.9 Å². The first-order valence-corrected chi connectivity index (χ1v) is 9.92. The molecule has 1 aromatic heterocycles.